The lowest BCUT2D eigenvalue weighted by Gasteiger charge is -2.23. The second-order valence-electron chi connectivity index (χ2n) is 7.57. The van der Waals surface area contributed by atoms with E-state index >= 15 is 0 Å². The van der Waals surface area contributed by atoms with E-state index in [0.717, 1.165) is 0 Å². The van der Waals surface area contributed by atoms with Crippen LogP contribution in [0.5, 0.6) is 5.75 Å². The number of benzene rings is 1. The Bertz CT molecular complexity index is 750. The molecular weight excluding hydrogens is 392 g/mol. The van der Waals surface area contributed by atoms with Gasteiger partial charge in [-0.25, -0.2) is 4.79 Å². The summed E-state index contributed by atoms with van der Waals surface area (Å²) in [6, 6.07) is 2.76. The predicted octanol–water partition coefficient (Wildman–Crippen LogP) is -0.372. The number of primary amides is 1. The molecule has 10 heteroatoms. The van der Waals surface area contributed by atoms with E-state index < -0.39 is 41.8 Å². The van der Waals surface area contributed by atoms with Crippen LogP contribution in [0.2, 0.25) is 0 Å². The van der Waals surface area contributed by atoms with Gasteiger partial charge in [0.15, 0.2) is 0 Å². The number of carboxylic acid groups (broad SMARTS) is 1. The van der Waals surface area contributed by atoms with Crippen molar-refractivity contribution in [2.75, 3.05) is 0 Å². The van der Waals surface area contributed by atoms with Crippen LogP contribution in [-0.4, -0.2) is 52.0 Å². The lowest BCUT2D eigenvalue weighted by molar-refractivity contribution is -0.142. The topological polar surface area (TPSA) is 185 Å². The Kier molecular flexibility index (Phi) is 9.76. The van der Waals surface area contributed by atoms with E-state index in [1.807, 2.05) is 13.8 Å². The van der Waals surface area contributed by atoms with E-state index in [1.54, 1.807) is 12.1 Å². The molecule has 0 heterocycles. The van der Waals surface area contributed by atoms with Gasteiger partial charge in [-0.1, -0.05) is 26.0 Å². The molecule has 0 radical (unpaired) electrons. The number of hydrogen-bond donors (Lipinski definition) is 6. The fourth-order valence-corrected chi connectivity index (χ4v) is 2.79. The summed E-state index contributed by atoms with van der Waals surface area (Å²) < 4.78 is 0. The molecule has 0 aliphatic carbocycles. The highest BCUT2D eigenvalue weighted by Gasteiger charge is 2.28. The Labute approximate surface area is 175 Å². The number of carbonyl (C=O) groups excluding carboxylic acids is 3. The first kappa shape index (κ1) is 24.9. The number of nitrogens with one attached hydrogen (secondary N) is 2. The molecule has 166 valence electrons. The van der Waals surface area contributed by atoms with Gasteiger partial charge in [0.25, 0.3) is 0 Å². The molecule has 3 unspecified atom stereocenters. The van der Waals surface area contributed by atoms with Gasteiger partial charge < -0.3 is 32.3 Å². The van der Waals surface area contributed by atoms with Crippen molar-refractivity contribution >= 4 is 23.7 Å². The summed E-state index contributed by atoms with van der Waals surface area (Å²) in [4.78, 5) is 47.6. The molecular formula is C20H30N4O6. The van der Waals surface area contributed by atoms with Gasteiger partial charge in [-0.3, -0.25) is 14.4 Å². The number of amides is 3. The molecule has 1 rings (SSSR count). The van der Waals surface area contributed by atoms with Crippen LogP contribution < -0.4 is 22.1 Å². The molecule has 30 heavy (non-hydrogen) atoms. The van der Waals surface area contributed by atoms with Gasteiger partial charge in [0, 0.05) is 12.8 Å². The molecule has 0 bridgehead atoms. The van der Waals surface area contributed by atoms with Gasteiger partial charge in [-0.05, 0) is 36.5 Å². The van der Waals surface area contributed by atoms with Gasteiger partial charge in [0.1, 0.15) is 17.8 Å². The summed E-state index contributed by atoms with van der Waals surface area (Å²) >= 11 is 0. The smallest absolute Gasteiger partial charge is 0.326 e. The predicted molar refractivity (Wildman–Crippen MR) is 109 cm³/mol. The highest BCUT2D eigenvalue weighted by atomic mass is 16.4. The molecule has 0 fully saturated rings. The first-order chi connectivity index (χ1) is 14.0. The number of phenolic OH excluding ortho intramolecular Hbond substituents is 1. The number of carbonyl (C=O) groups is 4. The van der Waals surface area contributed by atoms with Crippen molar-refractivity contribution in [1.82, 2.24) is 10.6 Å². The Morgan fingerprint density at radius 2 is 1.57 bits per heavy atom. The monoisotopic (exact) mass is 422 g/mol. The van der Waals surface area contributed by atoms with Crippen LogP contribution >= 0.6 is 0 Å². The number of rotatable bonds is 12. The van der Waals surface area contributed by atoms with Gasteiger partial charge in [0.2, 0.25) is 17.7 Å². The molecule has 0 saturated carbocycles. The largest absolute Gasteiger partial charge is 0.508 e. The summed E-state index contributed by atoms with van der Waals surface area (Å²) in [5.41, 5.74) is 11.6. The van der Waals surface area contributed by atoms with Gasteiger partial charge >= 0.3 is 5.97 Å². The first-order valence-electron chi connectivity index (χ1n) is 9.65. The molecule has 0 aromatic heterocycles. The summed E-state index contributed by atoms with van der Waals surface area (Å²) in [5, 5.41) is 23.6. The molecule has 3 atom stereocenters. The lowest BCUT2D eigenvalue weighted by atomic mass is 10.0. The minimum absolute atomic E-state index is 0.0418. The first-order valence-corrected chi connectivity index (χ1v) is 9.65. The number of nitrogens with two attached hydrogens (primary N) is 2. The van der Waals surface area contributed by atoms with Crippen LogP contribution in [0.1, 0.15) is 38.7 Å². The lowest BCUT2D eigenvalue weighted by Crippen LogP contribution is -2.55. The minimum atomic E-state index is -1.34. The van der Waals surface area contributed by atoms with Crippen LogP contribution in [-0.2, 0) is 25.6 Å². The Morgan fingerprint density at radius 1 is 1.00 bits per heavy atom. The Balaban J connectivity index is 2.97. The zero-order valence-electron chi connectivity index (χ0n) is 17.1. The van der Waals surface area contributed by atoms with Crippen molar-refractivity contribution in [2.45, 2.75) is 57.7 Å². The van der Waals surface area contributed by atoms with Gasteiger partial charge in [-0.15, -0.1) is 0 Å². The zero-order chi connectivity index (χ0) is 22.8. The van der Waals surface area contributed by atoms with Crippen molar-refractivity contribution in [1.29, 1.82) is 0 Å². The van der Waals surface area contributed by atoms with Crippen LogP contribution in [0.4, 0.5) is 0 Å². The van der Waals surface area contributed by atoms with Crippen LogP contribution in [0.15, 0.2) is 24.3 Å². The summed E-state index contributed by atoms with van der Waals surface area (Å²) in [6.07, 6.45) is 0.0683. The zero-order valence-corrected chi connectivity index (χ0v) is 17.1. The molecule has 0 aliphatic heterocycles. The van der Waals surface area contributed by atoms with E-state index in [4.69, 9.17) is 11.5 Å². The van der Waals surface area contributed by atoms with Crippen molar-refractivity contribution in [3.8, 4) is 5.75 Å². The highest BCUT2D eigenvalue weighted by Crippen LogP contribution is 2.12. The third-order valence-corrected chi connectivity index (χ3v) is 4.37. The van der Waals surface area contributed by atoms with E-state index in [-0.39, 0.29) is 30.9 Å². The second kappa shape index (κ2) is 11.8. The third-order valence-electron chi connectivity index (χ3n) is 4.37. The summed E-state index contributed by atoms with van der Waals surface area (Å²) in [7, 11) is 0. The van der Waals surface area contributed by atoms with E-state index in [2.05, 4.69) is 10.6 Å². The molecule has 0 saturated heterocycles. The average Bonchev–Trinajstić information content (AvgIpc) is 2.64. The maximum absolute atomic E-state index is 12.8. The number of hydrogen-bond acceptors (Lipinski definition) is 6. The third kappa shape index (κ3) is 8.91. The van der Waals surface area contributed by atoms with Crippen molar-refractivity contribution in [3.63, 3.8) is 0 Å². The van der Waals surface area contributed by atoms with Gasteiger partial charge in [-0.2, -0.15) is 0 Å². The fraction of sp³-hybridized carbons (Fsp3) is 0.500. The molecule has 8 N–H and O–H groups in total. The quantitative estimate of drug-likeness (QED) is 0.265. The van der Waals surface area contributed by atoms with Crippen LogP contribution in [0, 0.1) is 5.92 Å². The van der Waals surface area contributed by atoms with E-state index in [1.165, 1.54) is 12.1 Å². The molecule has 3 amide bonds. The SMILES string of the molecule is CC(C)CC(N)C(=O)NC(Cc1ccc(O)cc1)C(=O)NC(CCC(N)=O)C(=O)O. The fourth-order valence-electron chi connectivity index (χ4n) is 2.79. The Morgan fingerprint density at radius 3 is 2.07 bits per heavy atom. The van der Waals surface area contributed by atoms with E-state index in [9.17, 15) is 29.4 Å². The van der Waals surface area contributed by atoms with Crippen LogP contribution in [0.3, 0.4) is 0 Å². The molecule has 1 aromatic carbocycles. The maximum Gasteiger partial charge on any atom is 0.326 e. The average molecular weight is 422 g/mol. The molecule has 10 nitrogen and oxygen atoms in total. The number of aromatic hydroxyl groups is 1. The van der Waals surface area contributed by atoms with Gasteiger partial charge in [0.05, 0.1) is 6.04 Å². The van der Waals surface area contributed by atoms with Crippen molar-refractivity contribution < 1.29 is 29.4 Å². The highest BCUT2D eigenvalue weighted by molar-refractivity contribution is 5.92. The molecule has 0 aliphatic rings. The minimum Gasteiger partial charge on any atom is -0.508 e. The van der Waals surface area contributed by atoms with Crippen molar-refractivity contribution in [3.05, 3.63) is 29.8 Å². The molecule has 0 spiro atoms. The summed E-state index contributed by atoms with van der Waals surface area (Å²) in [6.45, 7) is 3.81. The number of aliphatic carboxylic acids is 1. The maximum atomic E-state index is 12.8. The second-order valence-corrected chi connectivity index (χ2v) is 7.57. The van der Waals surface area contributed by atoms with Crippen molar-refractivity contribution in [2.24, 2.45) is 17.4 Å². The normalized spacial score (nSPS) is 13.9. The summed E-state index contributed by atoms with van der Waals surface area (Å²) in [5.74, 6) is -3.07. The van der Waals surface area contributed by atoms with Crippen LogP contribution in [0.25, 0.3) is 0 Å². The number of carboxylic acids is 1. The molecule has 1 aromatic rings. The number of phenols is 1. The Hall–Kier alpha value is -3.14. The van der Waals surface area contributed by atoms with E-state index in [0.29, 0.717) is 12.0 Å². The standard InChI is InChI=1S/C20H30N4O6/c1-11(2)9-14(21)18(27)24-16(10-12-3-5-13(25)6-4-12)19(28)23-15(20(29)30)7-8-17(22)26/h3-6,11,14-16,25H,7-10,21H2,1-2H3,(H2,22,26)(H,23,28)(H,24,27)(H,29,30).